The van der Waals surface area contributed by atoms with Gasteiger partial charge >= 0.3 is 0 Å². The molecule has 2 aromatic heterocycles. The zero-order valence-corrected chi connectivity index (χ0v) is 17.6. The lowest BCUT2D eigenvalue weighted by Gasteiger charge is -2.33. The average Bonchev–Trinajstić information content (AvgIpc) is 3.13. The van der Waals surface area contributed by atoms with Crippen LogP contribution in [0.4, 0.5) is 5.13 Å². The first-order chi connectivity index (χ1) is 14.5. The second kappa shape index (κ2) is 9.21. The topological polar surface area (TPSA) is 97.7 Å². The summed E-state index contributed by atoms with van der Waals surface area (Å²) < 4.78 is 0. The van der Waals surface area contributed by atoms with Crippen molar-refractivity contribution in [2.75, 3.05) is 5.32 Å². The quantitative estimate of drug-likeness (QED) is 0.599. The standard InChI is InChI=1S/C22H23N5O2S/c1-14(28)23-22-27-26-21(30-22)17-9-16(10-17)11-18-7-8-19(25-24-18)13-20(29)12-15-5-3-2-4-6-15/h2-8,16-17H,9-13H2,1H3,(H,23,27,28). The molecule has 0 bridgehead atoms. The maximum atomic E-state index is 12.2. The number of carbonyl (C=O) groups is 2. The molecule has 0 aliphatic heterocycles. The molecule has 0 atom stereocenters. The van der Waals surface area contributed by atoms with Crippen LogP contribution >= 0.6 is 11.3 Å². The molecule has 154 valence electrons. The van der Waals surface area contributed by atoms with Crippen molar-refractivity contribution in [3.05, 3.63) is 64.4 Å². The van der Waals surface area contributed by atoms with Gasteiger partial charge in [0.15, 0.2) is 0 Å². The molecule has 1 saturated carbocycles. The third-order valence-corrected chi connectivity index (χ3v) is 6.20. The van der Waals surface area contributed by atoms with Crippen molar-refractivity contribution in [1.29, 1.82) is 0 Å². The van der Waals surface area contributed by atoms with E-state index in [4.69, 9.17) is 0 Å². The fourth-order valence-electron chi connectivity index (χ4n) is 3.68. The Bertz CT molecular complexity index is 1010. The molecule has 1 amide bonds. The van der Waals surface area contributed by atoms with E-state index in [9.17, 15) is 9.59 Å². The third-order valence-electron chi connectivity index (χ3n) is 5.20. The van der Waals surface area contributed by atoms with Crippen molar-refractivity contribution < 1.29 is 9.59 Å². The van der Waals surface area contributed by atoms with Gasteiger partial charge in [-0.2, -0.15) is 10.2 Å². The summed E-state index contributed by atoms with van der Waals surface area (Å²) in [4.78, 5) is 23.3. The molecule has 1 N–H and O–H groups in total. The Kier molecular flexibility index (Phi) is 6.23. The molecule has 1 aliphatic rings. The molecule has 7 nitrogen and oxygen atoms in total. The fraction of sp³-hybridized carbons (Fsp3) is 0.364. The van der Waals surface area contributed by atoms with Gasteiger partial charge < -0.3 is 5.32 Å². The molecular weight excluding hydrogens is 398 g/mol. The van der Waals surface area contributed by atoms with E-state index in [0.717, 1.165) is 35.5 Å². The Morgan fingerprint density at radius 3 is 2.40 bits per heavy atom. The van der Waals surface area contributed by atoms with Crippen molar-refractivity contribution in [3.8, 4) is 0 Å². The molecule has 1 aromatic carbocycles. The number of hydrogen-bond acceptors (Lipinski definition) is 7. The number of anilines is 1. The SMILES string of the molecule is CC(=O)Nc1nnc(C2CC(Cc3ccc(CC(=O)Cc4ccccc4)nn3)C2)s1. The second-order valence-corrected chi connectivity index (χ2v) is 8.77. The van der Waals surface area contributed by atoms with Crippen LogP contribution in [0.5, 0.6) is 0 Å². The molecule has 0 radical (unpaired) electrons. The van der Waals surface area contributed by atoms with Crippen LogP contribution in [0.2, 0.25) is 0 Å². The van der Waals surface area contributed by atoms with Crippen LogP contribution in [-0.2, 0) is 28.9 Å². The van der Waals surface area contributed by atoms with Gasteiger partial charge in [-0.25, -0.2) is 0 Å². The van der Waals surface area contributed by atoms with Crippen LogP contribution in [-0.4, -0.2) is 32.1 Å². The summed E-state index contributed by atoms with van der Waals surface area (Å²) in [5.74, 6) is 0.953. The van der Waals surface area contributed by atoms with E-state index in [-0.39, 0.29) is 11.7 Å². The normalized spacial score (nSPS) is 17.9. The summed E-state index contributed by atoms with van der Waals surface area (Å²) in [6, 6.07) is 13.6. The van der Waals surface area contributed by atoms with Crippen LogP contribution in [0.1, 0.15) is 47.6 Å². The smallest absolute Gasteiger partial charge is 0.223 e. The number of nitrogens with zero attached hydrogens (tertiary/aromatic N) is 4. The largest absolute Gasteiger partial charge is 0.301 e. The monoisotopic (exact) mass is 421 g/mol. The third kappa shape index (κ3) is 5.33. The van der Waals surface area contributed by atoms with Gasteiger partial charge in [0.25, 0.3) is 0 Å². The number of Topliss-reactive ketones (excluding diaryl/α,β-unsaturated/α-hetero) is 1. The maximum Gasteiger partial charge on any atom is 0.223 e. The predicted octanol–water partition coefficient (Wildman–Crippen LogP) is 3.38. The van der Waals surface area contributed by atoms with Gasteiger partial charge in [0.05, 0.1) is 17.8 Å². The van der Waals surface area contributed by atoms with Crippen molar-refractivity contribution in [2.45, 2.75) is 44.9 Å². The van der Waals surface area contributed by atoms with Crippen molar-refractivity contribution in [1.82, 2.24) is 20.4 Å². The number of carbonyl (C=O) groups excluding carboxylic acids is 2. The van der Waals surface area contributed by atoms with Gasteiger partial charge in [0.2, 0.25) is 11.0 Å². The fourth-order valence-corrected chi connectivity index (χ4v) is 4.59. The highest BCUT2D eigenvalue weighted by atomic mass is 32.1. The minimum atomic E-state index is -0.132. The summed E-state index contributed by atoms with van der Waals surface area (Å²) in [7, 11) is 0. The predicted molar refractivity (Wildman–Crippen MR) is 114 cm³/mol. The van der Waals surface area contributed by atoms with Crippen molar-refractivity contribution in [2.24, 2.45) is 5.92 Å². The Morgan fingerprint density at radius 2 is 1.70 bits per heavy atom. The van der Waals surface area contributed by atoms with E-state index in [1.54, 1.807) is 0 Å². The Hall–Kier alpha value is -3.00. The summed E-state index contributed by atoms with van der Waals surface area (Å²) in [6.07, 6.45) is 3.67. The van der Waals surface area contributed by atoms with Gasteiger partial charge in [-0.1, -0.05) is 41.7 Å². The molecular formula is C22H23N5O2S. The van der Waals surface area contributed by atoms with Crippen LogP contribution in [0, 0.1) is 5.92 Å². The molecule has 1 aliphatic carbocycles. The second-order valence-electron chi connectivity index (χ2n) is 7.76. The number of aromatic nitrogens is 4. The Labute approximate surface area is 179 Å². The first-order valence-electron chi connectivity index (χ1n) is 10.0. The minimum absolute atomic E-state index is 0.132. The van der Waals surface area contributed by atoms with Crippen LogP contribution in [0.25, 0.3) is 0 Å². The number of rotatable bonds is 8. The van der Waals surface area contributed by atoms with Gasteiger partial charge in [0, 0.05) is 19.3 Å². The molecule has 1 fully saturated rings. The van der Waals surface area contributed by atoms with Crippen LogP contribution in [0.15, 0.2) is 42.5 Å². The zero-order valence-electron chi connectivity index (χ0n) is 16.7. The lowest BCUT2D eigenvalue weighted by atomic mass is 9.73. The number of nitrogens with one attached hydrogen (secondary N) is 1. The van der Waals surface area contributed by atoms with E-state index in [1.165, 1.54) is 18.3 Å². The first-order valence-corrected chi connectivity index (χ1v) is 10.8. The highest BCUT2D eigenvalue weighted by Gasteiger charge is 2.33. The van der Waals surface area contributed by atoms with Crippen molar-refractivity contribution in [3.63, 3.8) is 0 Å². The summed E-state index contributed by atoms with van der Waals surface area (Å²) in [5, 5.41) is 21.0. The van der Waals surface area contributed by atoms with E-state index in [1.807, 2.05) is 42.5 Å². The summed E-state index contributed by atoms with van der Waals surface area (Å²) >= 11 is 1.45. The summed E-state index contributed by atoms with van der Waals surface area (Å²) in [6.45, 7) is 1.46. The van der Waals surface area contributed by atoms with Crippen molar-refractivity contribution >= 4 is 28.2 Å². The number of amides is 1. The van der Waals surface area contributed by atoms with E-state index >= 15 is 0 Å². The highest BCUT2D eigenvalue weighted by molar-refractivity contribution is 7.15. The zero-order chi connectivity index (χ0) is 20.9. The van der Waals surface area contributed by atoms with Gasteiger partial charge in [0.1, 0.15) is 10.8 Å². The molecule has 4 rings (SSSR count). The molecule has 0 saturated heterocycles. The average molecular weight is 422 g/mol. The van der Waals surface area contributed by atoms with E-state index in [2.05, 4.69) is 25.7 Å². The van der Waals surface area contributed by atoms with E-state index < -0.39 is 0 Å². The molecule has 0 unspecified atom stereocenters. The Balaban J connectivity index is 1.23. The molecule has 3 aromatic rings. The highest BCUT2D eigenvalue weighted by Crippen LogP contribution is 2.44. The van der Waals surface area contributed by atoms with E-state index in [0.29, 0.717) is 35.5 Å². The van der Waals surface area contributed by atoms with Gasteiger partial charge in [-0.15, -0.1) is 10.2 Å². The lowest BCUT2D eigenvalue weighted by Crippen LogP contribution is -2.24. The number of ketones is 1. The molecule has 2 heterocycles. The first kappa shape index (κ1) is 20.3. The van der Waals surface area contributed by atoms with Gasteiger partial charge in [-0.05, 0) is 42.9 Å². The number of hydrogen-bond donors (Lipinski definition) is 1. The Morgan fingerprint density at radius 1 is 0.967 bits per heavy atom. The summed E-state index contributed by atoms with van der Waals surface area (Å²) in [5.41, 5.74) is 2.69. The van der Waals surface area contributed by atoms with Crippen LogP contribution < -0.4 is 5.32 Å². The maximum absolute atomic E-state index is 12.2. The lowest BCUT2D eigenvalue weighted by molar-refractivity contribution is -0.118. The van der Waals surface area contributed by atoms with Crippen LogP contribution in [0.3, 0.4) is 0 Å². The minimum Gasteiger partial charge on any atom is -0.301 e. The molecule has 0 spiro atoms. The van der Waals surface area contributed by atoms with Gasteiger partial charge in [-0.3, -0.25) is 9.59 Å². The molecule has 8 heteroatoms. The molecule has 30 heavy (non-hydrogen) atoms. The number of benzene rings is 1.